The van der Waals surface area contributed by atoms with E-state index in [4.69, 9.17) is 5.73 Å². The average molecular weight is 229 g/mol. The highest BCUT2D eigenvalue weighted by atomic mass is 16.2. The van der Waals surface area contributed by atoms with Gasteiger partial charge in [-0.15, -0.1) is 0 Å². The van der Waals surface area contributed by atoms with Crippen molar-refractivity contribution in [1.29, 1.82) is 0 Å². The molecule has 0 aliphatic carbocycles. The SMILES string of the molecule is C=C1C(=O)N(c2cccc(C(N)=O)c2)N=C1C. The molecule has 2 N–H and O–H groups in total. The third-order valence-electron chi connectivity index (χ3n) is 2.51. The Morgan fingerprint density at radius 1 is 1.47 bits per heavy atom. The fourth-order valence-corrected chi connectivity index (χ4v) is 1.50. The molecule has 0 aromatic heterocycles. The van der Waals surface area contributed by atoms with Crippen molar-refractivity contribution in [3.63, 3.8) is 0 Å². The lowest BCUT2D eigenvalue weighted by Gasteiger charge is -2.12. The number of carbonyl (C=O) groups excluding carboxylic acids is 2. The molecular weight excluding hydrogens is 218 g/mol. The van der Waals surface area contributed by atoms with Crippen molar-refractivity contribution in [3.05, 3.63) is 42.0 Å². The molecule has 2 amide bonds. The second-order valence-corrected chi connectivity index (χ2v) is 3.70. The van der Waals surface area contributed by atoms with Crippen LogP contribution in [0.1, 0.15) is 17.3 Å². The minimum absolute atomic E-state index is 0.288. The fraction of sp³-hybridized carbons (Fsp3) is 0.0833. The lowest BCUT2D eigenvalue weighted by molar-refractivity contribution is -0.114. The maximum Gasteiger partial charge on any atom is 0.280 e. The van der Waals surface area contributed by atoms with Gasteiger partial charge in [-0.2, -0.15) is 10.1 Å². The predicted octanol–water partition coefficient (Wildman–Crippen LogP) is 1.06. The van der Waals surface area contributed by atoms with Gasteiger partial charge >= 0.3 is 0 Å². The number of nitrogens with two attached hydrogens (primary N) is 1. The molecule has 1 aromatic carbocycles. The zero-order valence-corrected chi connectivity index (χ0v) is 9.30. The van der Waals surface area contributed by atoms with Gasteiger partial charge in [-0.25, -0.2) is 0 Å². The molecule has 0 unspecified atom stereocenters. The molecule has 5 heteroatoms. The van der Waals surface area contributed by atoms with Crippen molar-refractivity contribution >= 4 is 23.2 Å². The van der Waals surface area contributed by atoms with Gasteiger partial charge in [0.15, 0.2) is 0 Å². The number of primary amides is 1. The largest absolute Gasteiger partial charge is 0.366 e. The van der Waals surface area contributed by atoms with Crippen molar-refractivity contribution < 1.29 is 9.59 Å². The zero-order valence-electron chi connectivity index (χ0n) is 9.30. The van der Waals surface area contributed by atoms with E-state index < -0.39 is 5.91 Å². The van der Waals surface area contributed by atoms with Gasteiger partial charge < -0.3 is 5.73 Å². The summed E-state index contributed by atoms with van der Waals surface area (Å²) in [4.78, 5) is 22.8. The highest BCUT2D eigenvalue weighted by molar-refractivity contribution is 6.29. The normalized spacial score (nSPS) is 15.1. The third-order valence-corrected chi connectivity index (χ3v) is 2.51. The van der Waals surface area contributed by atoms with Crippen LogP contribution in [-0.4, -0.2) is 17.5 Å². The molecule has 0 saturated carbocycles. The first-order chi connectivity index (χ1) is 8.00. The number of hydrazone groups is 1. The van der Waals surface area contributed by atoms with Crippen molar-refractivity contribution in [2.45, 2.75) is 6.92 Å². The van der Waals surface area contributed by atoms with Gasteiger partial charge in [-0.1, -0.05) is 12.6 Å². The Morgan fingerprint density at radius 2 is 2.18 bits per heavy atom. The Morgan fingerprint density at radius 3 is 2.71 bits per heavy atom. The van der Waals surface area contributed by atoms with Gasteiger partial charge in [0.05, 0.1) is 17.0 Å². The molecule has 2 rings (SSSR count). The molecule has 1 aromatic rings. The predicted molar refractivity (Wildman–Crippen MR) is 64.7 cm³/mol. The Labute approximate surface area is 98.2 Å². The maximum absolute atomic E-state index is 11.8. The van der Waals surface area contributed by atoms with E-state index in [0.717, 1.165) is 0 Å². The molecule has 1 aliphatic rings. The van der Waals surface area contributed by atoms with Gasteiger partial charge in [-0.3, -0.25) is 9.59 Å². The monoisotopic (exact) mass is 229 g/mol. The highest BCUT2D eigenvalue weighted by Gasteiger charge is 2.27. The molecular formula is C12H11N3O2. The maximum atomic E-state index is 11.8. The van der Waals surface area contributed by atoms with Gasteiger partial charge in [-0.05, 0) is 25.1 Å². The van der Waals surface area contributed by atoms with Crippen LogP contribution in [0.5, 0.6) is 0 Å². The van der Waals surface area contributed by atoms with Crippen molar-refractivity contribution in [3.8, 4) is 0 Å². The summed E-state index contributed by atoms with van der Waals surface area (Å²) in [7, 11) is 0. The minimum atomic E-state index is -0.543. The van der Waals surface area contributed by atoms with E-state index in [-0.39, 0.29) is 5.91 Å². The van der Waals surface area contributed by atoms with Crippen molar-refractivity contribution in [1.82, 2.24) is 0 Å². The molecule has 0 atom stereocenters. The van der Waals surface area contributed by atoms with E-state index in [1.54, 1.807) is 25.1 Å². The van der Waals surface area contributed by atoms with E-state index in [0.29, 0.717) is 22.5 Å². The van der Waals surface area contributed by atoms with E-state index >= 15 is 0 Å². The summed E-state index contributed by atoms with van der Waals surface area (Å²) in [6.45, 7) is 5.34. The summed E-state index contributed by atoms with van der Waals surface area (Å²) in [5, 5.41) is 5.28. The average Bonchev–Trinajstić information content (AvgIpc) is 2.57. The molecule has 0 bridgehead atoms. The molecule has 86 valence electrons. The lowest BCUT2D eigenvalue weighted by Crippen LogP contribution is -2.21. The van der Waals surface area contributed by atoms with E-state index in [1.165, 1.54) is 11.1 Å². The van der Waals surface area contributed by atoms with E-state index in [2.05, 4.69) is 11.7 Å². The fourth-order valence-electron chi connectivity index (χ4n) is 1.50. The zero-order chi connectivity index (χ0) is 12.6. The van der Waals surface area contributed by atoms with Crippen LogP contribution in [0.4, 0.5) is 5.69 Å². The van der Waals surface area contributed by atoms with Crippen LogP contribution in [-0.2, 0) is 4.79 Å². The number of amides is 2. The van der Waals surface area contributed by atoms with Crippen LogP contribution in [0.2, 0.25) is 0 Å². The number of carbonyl (C=O) groups is 2. The first-order valence-corrected chi connectivity index (χ1v) is 4.99. The van der Waals surface area contributed by atoms with Crippen LogP contribution in [0.15, 0.2) is 41.5 Å². The van der Waals surface area contributed by atoms with Crippen LogP contribution in [0.3, 0.4) is 0 Å². The topological polar surface area (TPSA) is 75.8 Å². The summed E-state index contributed by atoms with van der Waals surface area (Å²) in [6.07, 6.45) is 0. The lowest BCUT2D eigenvalue weighted by atomic mass is 10.1. The molecule has 0 radical (unpaired) electrons. The van der Waals surface area contributed by atoms with E-state index in [1.807, 2.05) is 0 Å². The highest BCUT2D eigenvalue weighted by Crippen LogP contribution is 2.23. The van der Waals surface area contributed by atoms with Gasteiger partial charge in [0.1, 0.15) is 0 Å². The third kappa shape index (κ3) is 1.82. The Bertz CT molecular complexity index is 561. The summed E-state index contributed by atoms with van der Waals surface area (Å²) >= 11 is 0. The van der Waals surface area contributed by atoms with Crippen LogP contribution in [0, 0.1) is 0 Å². The van der Waals surface area contributed by atoms with Crippen LogP contribution < -0.4 is 10.7 Å². The molecule has 0 spiro atoms. The Balaban J connectivity index is 2.42. The number of rotatable bonds is 2. The number of hydrogen-bond acceptors (Lipinski definition) is 3. The first-order valence-electron chi connectivity index (χ1n) is 4.99. The minimum Gasteiger partial charge on any atom is -0.366 e. The molecule has 1 aliphatic heterocycles. The molecule has 0 fully saturated rings. The molecule has 5 nitrogen and oxygen atoms in total. The van der Waals surface area contributed by atoms with Gasteiger partial charge in [0.25, 0.3) is 5.91 Å². The second kappa shape index (κ2) is 3.86. The molecule has 0 saturated heterocycles. The van der Waals surface area contributed by atoms with Crippen LogP contribution in [0.25, 0.3) is 0 Å². The number of benzene rings is 1. The smallest absolute Gasteiger partial charge is 0.280 e. The van der Waals surface area contributed by atoms with Crippen molar-refractivity contribution in [2.24, 2.45) is 10.8 Å². The first kappa shape index (κ1) is 11.1. The number of anilines is 1. The molecule has 1 heterocycles. The summed E-state index contributed by atoms with van der Waals surface area (Å²) < 4.78 is 0. The number of nitrogens with zero attached hydrogens (tertiary/aromatic N) is 2. The van der Waals surface area contributed by atoms with Gasteiger partial charge in [0, 0.05) is 5.56 Å². The van der Waals surface area contributed by atoms with Crippen molar-refractivity contribution in [2.75, 3.05) is 5.01 Å². The summed E-state index contributed by atoms with van der Waals surface area (Å²) in [6, 6.07) is 6.43. The number of hydrogen-bond donors (Lipinski definition) is 1. The van der Waals surface area contributed by atoms with Crippen LogP contribution >= 0.6 is 0 Å². The Kier molecular flexibility index (Phi) is 2.51. The quantitative estimate of drug-likeness (QED) is 0.770. The summed E-state index contributed by atoms with van der Waals surface area (Å²) in [5.41, 5.74) is 6.94. The second-order valence-electron chi connectivity index (χ2n) is 3.70. The molecule has 17 heavy (non-hydrogen) atoms. The van der Waals surface area contributed by atoms with Gasteiger partial charge in [0.2, 0.25) is 5.91 Å². The van der Waals surface area contributed by atoms with E-state index in [9.17, 15) is 9.59 Å². The standard InChI is InChI=1S/C12H11N3O2/c1-7-8(2)14-15(12(7)17)10-5-3-4-9(6-10)11(13)16/h3-6H,1H2,2H3,(H2,13,16). The summed E-state index contributed by atoms with van der Waals surface area (Å²) in [5.74, 6) is -0.831. The Hall–Kier alpha value is -2.43.